The molecule has 1 atom stereocenters. The van der Waals surface area contributed by atoms with Gasteiger partial charge in [-0.1, -0.05) is 18.2 Å². The monoisotopic (exact) mass is 291 g/mol. The summed E-state index contributed by atoms with van der Waals surface area (Å²) in [4.78, 5) is 14.4. The number of amides is 1. The lowest BCUT2D eigenvalue weighted by Gasteiger charge is -2.21. The minimum Gasteiger partial charge on any atom is -0.496 e. The summed E-state index contributed by atoms with van der Waals surface area (Å²) in [6.45, 7) is 6.34. The third-order valence-corrected chi connectivity index (χ3v) is 3.78. The normalized spacial score (nSPS) is 17.8. The first-order valence-corrected chi connectivity index (χ1v) is 7.56. The molecule has 0 bridgehead atoms. The first kappa shape index (κ1) is 15.8. The first-order valence-electron chi connectivity index (χ1n) is 7.56. The van der Waals surface area contributed by atoms with E-state index in [1.807, 2.05) is 31.2 Å². The van der Waals surface area contributed by atoms with Crippen molar-refractivity contribution in [3.8, 4) is 5.75 Å². The van der Waals surface area contributed by atoms with Crippen molar-refractivity contribution in [3.63, 3.8) is 0 Å². The number of rotatable bonds is 5. The molecule has 1 aromatic rings. The molecule has 5 heteroatoms. The number of benzene rings is 1. The Morgan fingerprint density at radius 3 is 3.00 bits per heavy atom. The van der Waals surface area contributed by atoms with E-state index >= 15 is 0 Å². The number of hydrogen-bond donors (Lipinski definition) is 2. The molecule has 5 nitrogen and oxygen atoms in total. The number of nitrogens with zero attached hydrogens (tertiary/aromatic N) is 1. The highest BCUT2D eigenvalue weighted by Crippen LogP contribution is 2.24. The summed E-state index contributed by atoms with van der Waals surface area (Å²) in [6.07, 6.45) is 1.09. The van der Waals surface area contributed by atoms with Crippen molar-refractivity contribution in [1.82, 2.24) is 15.5 Å². The molecule has 1 aliphatic heterocycles. The van der Waals surface area contributed by atoms with Crippen LogP contribution in [0, 0.1) is 0 Å². The molecule has 1 amide bonds. The summed E-state index contributed by atoms with van der Waals surface area (Å²) >= 11 is 0. The van der Waals surface area contributed by atoms with Crippen LogP contribution in [0.1, 0.15) is 24.9 Å². The number of methoxy groups -OCH3 is 1. The van der Waals surface area contributed by atoms with Gasteiger partial charge in [0, 0.05) is 18.7 Å². The van der Waals surface area contributed by atoms with Gasteiger partial charge in [0.25, 0.3) is 0 Å². The Bertz CT molecular complexity index is 457. The van der Waals surface area contributed by atoms with E-state index < -0.39 is 0 Å². The molecule has 0 unspecified atom stereocenters. The van der Waals surface area contributed by atoms with Crippen molar-refractivity contribution in [2.75, 3.05) is 39.8 Å². The molecule has 21 heavy (non-hydrogen) atoms. The zero-order valence-corrected chi connectivity index (χ0v) is 12.9. The number of nitrogens with one attached hydrogen (secondary N) is 2. The minimum absolute atomic E-state index is 0.0567. The Balaban J connectivity index is 1.89. The Morgan fingerprint density at radius 1 is 1.38 bits per heavy atom. The summed E-state index contributed by atoms with van der Waals surface area (Å²) < 4.78 is 5.34. The molecule has 116 valence electrons. The molecule has 0 spiro atoms. The third kappa shape index (κ3) is 4.72. The van der Waals surface area contributed by atoms with Crippen LogP contribution in [-0.4, -0.2) is 50.6 Å². The standard InChI is InChI=1S/C16H25N3O2/c1-13(14-6-3-4-7-15(14)21-2)18-16(20)12-19-10-5-8-17-9-11-19/h3-4,6-7,13,17H,5,8-12H2,1-2H3,(H,18,20)/t13-/m0/s1. The van der Waals surface area contributed by atoms with Gasteiger partial charge in [0.15, 0.2) is 0 Å². The maximum Gasteiger partial charge on any atom is 0.234 e. The maximum absolute atomic E-state index is 12.2. The summed E-state index contributed by atoms with van der Waals surface area (Å²) in [6, 6.07) is 7.74. The van der Waals surface area contributed by atoms with E-state index in [9.17, 15) is 4.79 Å². The van der Waals surface area contributed by atoms with Crippen LogP contribution in [0.3, 0.4) is 0 Å². The maximum atomic E-state index is 12.2. The molecule has 1 aromatic carbocycles. The highest BCUT2D eigenvalue weighted by Gasteiger charge is 2.16. The smallest absolute Gasteiger partial charge is 0.234 e. The van der Waals surface area contributed by atoms with Gasteiger partial charge < -0.3 is 15.4 Å². The van der Waals surface area contributed by atoms with Gasteiger partial charge >= 0.3 is 0 Å². The summed E-state index contributed by atoms with van der Waals surface area (Å²) in [7, 11) is 1.65. The van der Waals surface area contributed by atoms with Gasteiger partial charge in [-0.15, -0.1) is 0 Å². The van der Waals surface area contributed by atoms with Crippen molar-refractivity contribution >= 4 is 5.91 Å². The van der Waals surface area contributed by atoms with Crippen LogP contribution in [0.2, 0.25) is 0 Å². The lowest BCUT2D eigenvalue weighted by Crippen LogP contribution is -2.39. The summed E-state index contributed by atoms with van der Waals surface area (Å²) in [5.74, 6) is 0.875. The van der Waals surface area contributed by atoms with Gasteiger partial charge in [-0.2, -0.15) is 0 Å². The van der Waals surface area contributed by atoms with E-state index in [0.29, 0.717) is 6.54 Å². The van der Waals surface area contributed by atoms with Crippen LogP contribution in [0.5, 0.6) is 5.75 Å². The molecule has 0 aliphatic carbocycles. The van der Waals surface area contributed by atoms with Gasteiger partial charge in [-0.3, -0.25) is 9.69 Å². The highest BCUT2D eigenvalue weighted by molar-refractivity contribution is 5.78. The molecule has 1 aliphatic rings. The highest BCUT2D eigenvalue weighted by atomic mass is 16.5. The molecule has 1 fully saturated rings. The Labute approximate surface area is 126 Å². The summed E-state index contributed by atoms with van der Waals surface area (Å²) in [5, 5.41) is 6.40. The van der Waals surface area contributed by atoms with E-state index in [4.69, 9.17) is 4.74 Å². The number of carbonyl (C=O) groups excluding carboxylic acids is 1. The van der Waals surface area contributed by atoms with Crippen LogP contribution >= 0.6 is 0 Å². The number of ether oxygens (including phenoxy) is 1. The summed E-state index contributed by atoms with van der Waals surface area (Å²) in [5.41, 5.74) is 1.01. The van der Waals surface area contributed by atoms with E-state index in [-0.39, 0.29) is 11.9 Å². The van der Waals surface area contributed by atoms with Gasteiger partial charge in [0.1, 0.15) is 5.75 Å². The van der Waals surface area contributed by atoms with Gasteiger partial charge in [0.05, 0.1) is 19.7 Å². The molecule has 1 heterocycles. The molecule has 0 radical (unpaired) electrons. The van der Waals surface area contributed by atoms with E-state index in [2.05, 4.69) is 15.5 Å². The topological polar surface area (TPSA) is 53.6 Å². The van der Waals surface area contributed by atoms with Crippen LogP contribution in [0.25, 0.3) is 0 Å². The second-order valence-corrected chi connectivity index (χ2v) is 5.41. The van der Waals surface area contributed by atoms with E-state index in [1.165, 1.54) is 0 Å². The zero-order chi connectivity index (χ0) is 15.1. The predicted octanol–water partition coefficient (Wildman–Crippen LogP) is 1.17. The fourth-order valence-corrected chi connectivity index (χ4v) is 2.65. The van der Waals surface area contributed by atoms with E-state index in [1.54, 1.807) is 7.11 Å². The first-order chi connectivity index (χ1) is 10.2. The van der Waals surface area contributed by atoms with Gasteiger partial charge in [-0.05, 0) is 32.5 Å². The fraction of sp³-hybridized carbons (Fsp3) is 0.562. The zero-order valence-electron chi connectivity index (χ0n) is 12.9. The Hall–Kier alpha value is -1.59. The van der Waals surface area contributed by atoms with Crippen molar-refractivity contribution in [2.24, 2.45) is 0 Å². The average molecular weight is 291 g/mol. The molecular weight excluding hydrogens is 266 g/mol. The van der Waals surface area contributed by atoms with Crippen LogP contribution in [0.15, 0.2) is 24.3 Å². The van der Waals surface area contributed by atoms with Gasteiger partial charge in [-0.25, -0.2) is 0 Å². The molecular formula is C16H25N3O2. The fourth-order valence-electron chi connectivity index (χ4n) is 2.65. The minimum atomic E-state index is -0.0567. The second kappa shape index (κ2) is 8.00. The number of hydrogen-bond acceptors (Lipinski definition) is 4. The molecule has 0 saturated carbocycles. The predicted molar refractivity (Wildman–Crippen MR) is 83.5 cm³/mol. The van der Waals surface area contributed by atoms with E-state index in [0.717, 1.165) is 43.9 Å². The lowest BCUT2D eigenvalue weighted by atomic mass is 10.1. The van der Waals surface area contributed by atoms with Crippen LogP contribution in [-0.2, 0) is 4.79 Å². The molecule has 0 aromatic heterocycles. The largest absolute Gasteiger partial charge is 0.496 e. The molecule has 2 rings (SSSR count). The Kier molecular flexibility index (Phi) is 6.02. The average Bonchev–Trinajstić information content (AvgIpc) is 2.75. The quantitative estimate of drug-likeness (QED) is 0.855. The number of carbonyl (C=O) groups is 1. The lowest BCUT2D eigenvalue weighted by molar-refractivity contribution is -0.122. The molecule has 1 saturated heterocycles. The third-order valence-electron chi connectivity index (χ3n) is 3.78. The van der Waals surface area contributed by atoms with Crippen LogP contribution in [0.4, 0.5) is 0 Å². The number of para-hydroxylation sites is 1. The van der Waals surface area contributed by atoms with Crippen LogP contribution < -0.4 is 15.4 Å². The molecule has 2 N–H and O–H groups in total. The van der Waals surface area contributed by atoms with Crippen molar-refractivity contribution < 1.29 is 9.53 Å². The second-order valence-electron chi connectivity index (χ2n) is 5.41. The van der Waals surface area contributed by atoms with Gasteiger partial charge in [0.2, 0.25) is 5.91 Å². The van der Waals surface area contributed by atoms with Crippen molar-refractivity contribution in [1.29, 1.82) is 0 Å². The SMILES string of the molecule is COc1ccccc1[C@H](C)NC(=O)CN1CCCNCC1. The van der Waals surface area contributed by atoms with Crippen molar-refractivity contribution in [2.45, 2.75) is 19.4 Å². The Morgan fingerprint density at radius 2 is 2.19 bits per heavy atom. The van der Waals surface area contributed by atoms with Crippen molar-refractivity contribution in [3.05, 3.63) is 29.8 Å².